The highest BCUT2D eigenvalue weighted by molar-refractivity contribution is 5.94. The predicted octanol–water partition coefficient (Wildman–Crippen LogP) is 2.80. The zero-order valence-corrected chi connectivity index (χ0v) is 15.8. The Kier molecular flexibility index (Phi) is 5.71. The van der Waals surface area contributed by atoms with Crippen LogP contribution in [-0.4, -0.2) is 60.1 Å². The van der Waals surface area contributed by atoms with Crippen LogP contribution < -0.4 is 0 Å². The molecule has 4 nitrogen and oxygen atoms in total. The number of aliphatic hydroxyl groups is 1. The molecule has 1 aromatic carbocycles. The van der Waals surface area contributed by atoms with Gasteiger partial charge in [0.25, 0.3) is 5.91 Å². The van der Waals surface area contributed by atoms with Gasteiger partial charge in [0.05, 0.1) is 5.60 Å². The number of likely N-dealkylation sites (tertiary alicyclic amines) is 1. The summed E-state index contributed by atoms with van der Waals surface area (Å²) in [7, 11) is 4.04. The molecule has 1 amide bonds. The van der Waals surface area contributed by atoms with Gasteiger partial charge in [0.15, 0.2) is 0 Å². The van der Waals surface area contributed by atoms with Crippen LogP contribution in [0.3, 0.4) is 0 Å². The predicted molar refractivity (Wildman–Crippen MR) is 98.2 cm³/mol. The minimum atomic E-state index is -0.654. The molecule has 0 saturated carbocycles. The maximum absolute atomic E-state index is 12.7. The molecule has 1 fully saturated rings. The fraction of sp³-hybridized carbons (Fsp3) is 0.650. The molecule has 0 radical (unpaired) electrons. The van der Waals surface area contributed by atoms with E-state index in [4.69, 9.17) is 0 Å². The molecule has 2 rings (SSSR count). The highest BCUT2D eigenvalue weighted by Gasteiger charge is 2.34. The molecule has 24 heavy (non-hydrogen) atoms. The van der Waals surface area contributed by atoms with E-state index in [9.17, 15) is 9.90 Å². The zero-order valence-electron chi connectivity index (χ0n) is 15.8. The van der Waals surface area contributed by atoms with E-state index in [-0.39, 0.29) is 11.3 Å². The van der Waals surface area contributed by atoms with Crippen molar-refractivity contribution in [1.82, 2.24) is 9.80 Å². The number of hydrogen-bond acceptors (Lipinski definition) is 3. The van der Waals surface area contributed by atoms with Crippen molar-refractivity contribution >= 4 is 5.91 Å². The highest BCUT2D eigenvalue weighted by Crippen LogP contribution is 2.30. The molecular formula is C20H32N2O2. The Balaban J connectivity index is 1.94. The van der Waals surface area contributed by atoms with Crippen molar-refractivity contribution in [2.45, 2.75) is 45.6 Å². The van der Waals surface area contributed by atoms with Crippen molar-refractivity contribution in [2.24, 2.45) is 5.41 Å². The van der Waals surface area contributed by atoms with E-state index in [1.807, 2.05) is 50.1 Å². The summed E-state index contributed by atoms with van der Waals surface area (Å²) in [5, 5.41) is 9.81. The number of hydrogen-bond donors (Lipinski definition) is 1. The van der Waals surface area contributed by atoms with Gasteiger partial charge in [0.2, 0.25) is 0 Å². The van der Waals surface area contributed by atoms with Gasteiger partial charge in [-0.3, -0.25) is 4.79 Å². The number of rotatable bonds is 6. The lowest BCUT2D eigenvalue weighted by Gasteiger charge is -2.30. The third-order valence-corrected chi connectivity index (χ3v) is 4.94. The summed E-state index contributed by atoms with van der Waals surface area (Å²) in [6, 6.07) is 7.80. The van der Waals surface area contributed by atoms with Gasteiger partial charge in [-0.2, -0.15) is 0 Å². The number of aryl methyl sites for hydroxylation is 1. The van der Waals surface area contributed by atoms with Gasteiger partial charge >= 0.3 is 0 Å². The molecule has 0 aliphatic carbocycles. The largest absolute Gasteiger partial charge is 0.390 e. The number of amides is 1. The van der Waals surface area contributed by atoms with Crippen molar-refractivity contribution in [3.05, 3.63) is 35.4 Å². The van der Waals surface area contributed by atoms with Crippen molar-refractivity contribution in [3.63, 3.8) is 0 Å². The first-order valence-corrected chi connectivity index (χ1v) is 8.83. The van der Waals surface area contributed by atoms with Gasteiger partial charge in [0, 0.05) is 25.7 Å². The first kappa shape index (κ1) is 18.9. The van der Waals surface area contributed by atoms with Crippen LogP contribution in [0.2, 0.25) is 0 Å². The summed E-state index contributed by atoms with van der Waals surface area (Å²) >= 11 is 0. The number of nitrogens with zero attached hydrogens (tertiary/aromatic N) is 2. The fourth-order valence-electron chi connectivity index (χ4n) is 3.53. The van der Waals surface area contributed by atoms with Gasteiger partial charge in [0.1, 0.15) is 0 Å². The summed E-state index contributed by atoms with van der Waals surface area (Å²) in [6.07, 6.45) is 2.67. The van der Waals surface area contributed by atoms with E-state index >= 15 is 0 Å². The van der Waals surface area contributed by atoms with E-state index in [1.54, 1.807) is 0 Å². The van der Waals surface area contributed by atoms with Crippen LogP contribution in [-0.2, 0) is 6.42 Å². The summed E-state index contributed by atoms with van der Waals surface area (Å²) in [5.41, 5.74) is 1.42. The van der Waals surface area contributed by atoms with Gasteiger partial charge < -0.3 is 14.9 Å². The van der Waals surface area contributed by atoms with Gasteiger partial charge in [-0.15, -0.1) is 0 Å². The van der Waals surface area contributed by atoms with Gasteiger partial charge in [-0.25, -0.2) is 0 Å². The monoisotopic (exact) mass is 332 g/mol. The minimum absolute atomic E-state index is 0.0832. The molecule has 1 N–H and O–H groups in total. The van der Waals surface area contributed by atoms with E-state index in [2.05, 4.69) is 18.9 Å². The molecule has 1 atom stereocenters. The first-order chi connectivity index (χ1) is 11.1. The Morgan fingerprint density at radius 2 is 1.96 bits per heavy atom. The Labute approximate surface area is 146 Å². The quantitative estimate of drug-likeness (QED) is 0.871. The Morgan fingerprint density at radius 1 is 1.33 bits per heavy atom. The molecule has 1 aliphatic heterocycles. The van der Waals surface area contributed by atoms with Crippen LogP contribution >= 0.6 is 0 Å². The number of carbonyl (C=O) groups excluding carboxylic acids is 1. The minimum Gasteiger partial charge on any atom is -0.390 e. The lowest BCUT2D eigenvalue weighted by molar-refractivity contribution is 0.0710. The number of carbonyl (C=O) groups is 1. The fourth-order valence-corrected chi connectivity index (χ4v) is 3.53. The second-order valence-corrected chi connectivity index (χ2v) is 8.47. The topological polar surface area (TPSA) is 43.8 Å². The maximum Gasteiger partial charge on any atom is 0.253 e. The van der Waals surface area contributed by atoms with Crippen LogP contribution in [0.15, 0.2) is 24.3 Å². The standard InChI is InChI=1S/C20H32N2O2/c1-19(2,24)11-10-16-6-8-17(9-7-16)18(23)22(5)15-20(3)12-13-21(4)14-20/h6-9,24H,10-15H2,1-5H3/t20-/m1/s1. The summed E-state index contributed by atoms with van der Waals surface area (Å²) in [4.78, 5) is 16.8. The van der Waals surface area contributed by atoms with E-state index in [1.165, 1.54) is 0 Å². The van der Waals surface area contributed by atoms with Crippen LogP contribution in [0.5, 0.6) is 0 Å². The summed E-state index contributed by atoms with van der Waals surface area (Å²) in [5.74, 6) is 0.0832. The average molecular weight is 332 g/mol. The van der Waals surface area contributed by atoms with E-state index < -0.39 is 5.60 Å². The van der Waals surface area contributed by atoms with Gasteiger partial charge in [-0.1, -0.05) is 19.1 Å². The van der Waals surface area contributed by atoms with Crippen LogP contribution in [0.4, 0.5) is 0 Å². The molecule has 134 valence electrons. The third kappa shape index (κ3) is 5.32. The normalized spacial score (nSPS) is 21.9. The second kappa shape index (κ2) is 7.24. The Morgan fingerprint density at radius 3 is 2.46 bits per heavy atom. The van der Waals surface area contributed by atoms with Crippen molar-refractivity contribution < 1.29 is 9.90 Å². The highest BCUT2D eigenvalue weighted by atomic mass is 16.3. The molecule has 0 aromatic heterocycles. The summed E-state index contributed by atoms with van der Waals surface area (Å²) in [6.45, 7) is 8.84. The number of benzene rings is 1. The molecular weight excluding hydrogens is 300 g/mol. The van der Waals surface area contributed by atoms with E-state index in [0.717, 1.165) is 43.6 Å². The lowest BCUT2D eigenvalue weighted by atomic mass is 9.89. The second-order valence-electron chi connectivity index (χ2n) is 8.47. The molecule has 0 spiro atoms. The lowest BCUT2D eigenvalue weighted by Crippen LogP contribution is -2.38. The van der Waals surface area contributed by atoms with E-state index in [0.29, 0.717) is 6.42 Å². The molecule has 0 unspecified atom stereocenters. The average Bonchev–Trinajstić information content (AvgIpc) is 2.83. The zero-order chi connectivity index (χ0) is 18.0. The third-order valence-electron chi connectivity index (χ3n) is 4.94. The van der Waals surface area contributed by atoms with Crippen molar-refractivity contribution in [2.75, 3.05) is 33.7 Å². The Bertz CT molecular complexity index is 562. The van der Waals surface area contributed by atoms with Gasteiger partial charge in [-0.05, 0) is 69.8 Å². The smallest absolute Gasteiger partial charge is 0.253 e. The first-order valence-electron chi connectivity index (χ1n) is 8.83. The molecule has 1 heterocycles. The Hall–Kier alpha value is -1.39. The maximum atomic E-state index is 12.7. The summed E-state index contributed by atoms with van der Waals surface area (Å²) < 4.78 is 0. The van der Waals surface area contributed by atoms with Crippen molar-refractivity contribution in [1.29, 1.82) is 0 Å². The van der Waals surface area contributed by atoms with Crippen LogP contribution in [0, 0.1) is 5.41 Å². The van der Waals surface area contributed by atoms with Crippen LogP contribution in [0.1, 0.15) is 49.5 Å². The molecule has 1 saturated heterocycles. The molecule has 4 heteroatoms. The van der Waals surface area contributed by atoms with Crippen molar-refractivity contribution in [3.8, 4) is 0 Å². The van der Waals surface area contributed by atoms with Crippen LogP contribution in [0.25, 0.3) is 0 Å². The molecule has 0 bridgehead atoms. The molecule has 1 aromatic rings. The molecule has 1 aliphatic rings. The SMILES string of the molecule is CN1CC[C@@](C)(CN(C)C(=O)c2ccc(CCC(C)(C)O)cc2)C1.